The lowest BCUT2D eigenvalue weighted by Crippen LogP contribution is -2.52. The van der Waals surface area contributed by atoms with Gasteiger partial charge in [-0.1, -0.05) is 18.1 Å². The first-order chi connectivity index (χ1) is 16.9. The van der Waals surface area contributed by atoms with Crippen molar-refractivity contribution in [2.45, 2.75) is 38.0 Å². The van der Waals surface area contributed by atoms with Gasteiger partial charge >= 0.3 is 0 Å². The summed E-state index contributed by atoms with van der Waals surface area (Å²) >= 11 is 0. The van der Waals surface area contributed by atoms with Crippen LogP contribution in [0.3, 0.4) is 0 Å². The molecule has 190 valence electrons. The number of carbonyl (C=O) groups is 1. The van der Waals surface area contributed by atoms with E-state index in [0.29, 0.717) is 82.7 Å². The first-order valence-electron chi connectivity index (χ1n) is 12.2. The highest BCUT2D eigenvalue weighted by molar-refractivity contribution is 7.86. The highest BCUT2D eigenvalue weighted by Gasteiger charge is 2.40. The highest BCUT2D eigenvalue weighted by Crippen LogP contribution is 2.35. The second-order valence-electron chi connectivity index (χ2n) is 9.72. The Labute approximate surface area is 205 Å². The number of hydrogen-bond acceptors (Lipinski definition) is 8. The molecule has 0 saturated carbocycles. The number of rotatable bonds is 5. The van der Waals surface area contributed by atoms with Crippen molar-refractivity contribution in [1.29, 1.82) is 0 Å². The molecule has 2 aromatic rings. The Morgan fingerprint density at radius 3 is 2.37 bits per heavy atom. The number of aromatic nitrogens is 3. The molecule has 5 heterocycles. The van der Waals surface area contributed by atoms with Gasteiger partial charge in [0.25, 0.3) is 16.1 Å². The normalized spacial score (nSPS) is 22.8. The Bertz CT molecular complexity index is 1120. The lowest BCUT2D eigenvalue weighted by atomic mass is 9.79. The smallest absolute Gasteiger partial charge is 0.282 e. The van der Waals surface area contributed by atoms with Crippen LogP contribution < -0.4 is 0 Å². The van der Waals surface area contributed by atoms with E-state index in [0.717, 1.165) is 12.8 Å². The molecule has 3 aliphatic heterocycles. The molecule has 0 radical (unpaired) electrons. The van der Waals surface area contributed by atoms with E-state index in [9.17, 15) is 13.2 Å². The molecule has 11 nitrogen and oxygen atoms in total. The number of likely N-dealkylation sites (tertiary alicyclic amines) is 1. The van der Waals surface area contributed by atoms with Crippen molar-refractivity contribution in [3.05, 3.63) is 30.2 Å². The summed E-state index contributed by atoms with van der Waals surface area (Å²) in [5, 5.41) is 4.21. The van der Waals surface area contributed by atoms with Crippen molar-refractivity contribution in [2.75, 3.05) is 52.5 Å². The Balaban J connectivity index is 1.15. The first kappa shape index (κ1) is 24.3. The van der Waals surface area contributed by atoms with Gasteiger partial charge in [0.2, 0.25) is 5.91 Å². The molecule has 2 aromatic heterocycles. The van der Waals surface area contributed by atoms with Crippen molar-refractivity contribution in [3.63, 3.8) is 0 Å². The van der Waals surface area contributed by atoms with E-state index in [4.69, 9.17) is 9.26 Å². The van der Waals surface area contributed by atoms with Crippen molar-refractivity contribution >= 4 is 16.1 Å². The van der Waals surface area contributed by atoms with Crippen molar-refractivity contribution in [1.82, 2.24) is 28.6 Å². The number of amides is 1. The molecule has 0 unspecified atom stereocenters. The lowest BCUT2D eigenvalue weighted by Gasteiger charge is -2.40. The monoisotopic (exact) mass is 504 g/mol. The van der Waals surface area contributed by atoms with Gasteiger partial charge in [-0.2, -0.15) is 22.0 Å². The molecule has 0 spiro atoms. The predicted octanol–water partition coefficient (Wildman–Crippen LogP) is 1.30. The Morgan fingerprint density at radius 2 is 1.71 bits per heavy atom. The molecule has 3 aliphatic rings. The van der Waals surface area contributed by atoms with Crippen LogP contribution in [0, 0.1) is 5.92 Å². The molecule has 0 aromatic carbocycles. The molecule has 12 heteroatoms. The summed E-state index contributed by atoms with van der Waals surface area (Å²) in [7, 11) is -3.49. The van der Waals surface area contributed by atoms with E-state index in [1.807, 2.05) is 23.1 Å². The molecular weight excluding hydrogens is 472 g/mol. The minimum absolute atomic E-state index is 0.123. The number of morpholine rings is 1. The fourth-order valence-corrected chi connectivity index (χ4v) is 6.65. The van der Waals surface area contributed by atoms with Crippen LogP contribution in [0.25, 0.3) is 11.6 Å². The van der Waals surface area contributed by atoms with Gasteiger partial charge in [0.05, 0.1) is 13.2 Å². The van der Waals surface area contributed by atoms with Crippen LogP contribution in [0.15, 0.2) is 28.9 Å². The molecule has 0 bridgehead atoms. The van der Waals surface area contributed by atoms with Crippen LogP contribution in [-0.2, 0) is 25.2 Å². The number of piperidine rings is 2. The van der Waals surface area contributed by atoms with Gasteiger partial charge in [0.1, 0.15) is 5.69 Å². The minimum Gasteiger partial charge on any atom is -0.379 e. The zero-order chi connectivity index (χ0) is 24.5. The largest absolute Gasteiger partial charge is 0.379 e. The summed E-state index contributed by atoms with van der Waals surface area (Å²) < 4.78 is 39.5. The van der Waals surface area contributed by atoms with Crippen molar-refractivity contribution in [2.24, 2.45) is 5.92 Å². The number of pyridine rings is 1. The third-order valence-electron chi connectivity index (χ3n) is 7.45. The van der Waals surface area contributed by atoms with E-state index >= 15 is 0 Å². The van der Waals surface area contributed by atoms with Gasteiger partial charge in [0, 0.05) is 56.8 Å². The maximum Gasteiger partial charge on any atom is 0.282 e. The van der Waals surface area contributed by atoms with Gasteiger partial charge in [-0.3, -0.25) is 9.78 Å². The quantitative estimate of drug-likeness (QED) is 0.597. The first-order valence-corrected chi connectivity index (χ1v) is 13.6. The fourth-order valence-electron chi connectivity index (χ4n) is 5.04. The maximum atomic E-state index is 13.2. The summed E-state index contributed by atoms with van der Waals surface area (Å²) in [5.74, 6) is 1.03. The molecule has 35 heavy (non-hydrogen) atoms. The molecular formula is C23H32N6O5S. The summed E-state index contributed by atoms with van der Waals surface area (Å²) in [4.78, 5) is 24.0. The van der Waals surface area contributed by atoms with Gasteiger partial charge in [-0.15, -0.1) is 0 Å². The number of hydrogen-bond donors (Lipinski definition) is 0. The number of nitrogens with zero attached hydrogens (tertiary/aromatic N) is 6. The van der Waals surface area contributed by atoms with Crippen molar-refractivity contribution in [3.8, 4) is 11.6 Å². The fraction of sp³-hybridized carbons (Fsp3) is 0.652. The SMILES string of the molecule is CC1(c2noc(-c3ccccn3)n2)CCN(C(=O)C2CCN(S(=O)(=O)N3CCOCC3)CC2)CC1. The molecule has 3 saturated heterocycles. The van der Waals surface area contributed by atoms with E-state index in [1.54, 1.807) is 6.20 Å². The molecule has 0 aliphatic carbocycles. The Kier molecular flexibility index (Phi) is 6.88. The van der Waals surface area contributed by atoms with Gasteiger partial charge in [-0.25, -0.2) is 0 Å². The minimum atomic E-state index is -3.49. The van der Waals surface area contributed by atoms with E-state index < -0.39 is 10.2 Å². The summed E-state index contributed by atoms with van der Waals surface area (Å²) in [5.41, 5.74) is 0.368. The van der Waals surface area contributed by atoms with Crippen LogP contribution in [0.5, 0.6) is 0 Å². The summed E-state index contributed by atoms with van der Waals surface area (Å²) in [6.07, 6.45) is 4.27. The second-order valence-corrected chi connectivity index (χ2v) is 11.6. The third-order valence-corrected chi connectivity index (χ3v) is 9.49. The summed E-state index contributed by atoms with van der Waals surface area (Å²) in [6.45, 7) is 5.73. The molecule has 5 rings (SSSR count). The van der Waals surface area contributed by atoms with Crippen LogP contribution >= 0.6 is 0 Å². The van der Waals surface area contributed by atoms with E-state index in [2.05, 4.69) is 22.0 Å². The van der Waals surface area contributed by atoms with Crippen LogP contribution in [0.4, 0.5) is 0 Å². The predicted molar refractivity (Wildman–Crippen MR) is 126 cm³/mol. The average Bonchev–Trinajstić information content (AvgIpc) is 3.41. The highest BCUT2D eigenvalue weighted by atomic mass is 32.2. The van der Waals surface area contributed by atoms with Crippen LogP contribution in [-0.4, -0.2) is 95.4 Å². The van der Waals surface area contributed by atoms with Crippen LogP contribution in [0.1, 0.15) is 38.4 Å². The molecule has 0 atom stereocenters. The Hall–Kier alpha value is -2.41. The van der Waals surface area contributed by atoms with E-state index in [1.165, 1.54) is 8.61 Å². The maximum absolute atomic E-state index is 13.2. The second kappa shape index (κ2) is 9.92. The number of ether oxygens (including phenoxy) is 1. The third kappa shape index (κ3) is 4.97. The standard InChI is InChI=1S/C23H32N6O5S/c1-23(22-25-20(34-26-22)19-4-2-3-9-24-19)7-12-27(13-8-23)21(30)18-5-10-28(11-6-18)35(31,32)29-14-16-33-17-15-29/h2-4,9,18H,5-8,10-17H2,1H3. The van der Waals surface area contributed by atoms with Gasteiger partial charge < -0.3 is 14.2 Å². The molecule has 0 N–H and O–H groups in total. The van der Waals surface area contributed by atoms with Crippen molar-refractivity contribution < 1.29 is 22.5 Å². The zero-order valence-electron chi connectivity index (χ0n) is 20.0. The zero-order valence-corrected chi connectivity index (χ0v) is 20.8. The van der Waals surface area contributed by atoms with Gasteiger partial charge in [0.15, 0.2) is 5.82 Å². The topological polar surface area (TPSA) is 122 Å². The lowest BCUT2D eigenvalue weighted by molar-refractivity contribution is -0.138. The average molecular weight is 505 g/mol. The van der Waals surface area contributed by atoms with E-state index in [-0.39, 0.29) is 17.2 Å². The summed E-state index contributed by atoms with van der Waals surface area (Å²) in [6, 6.07) is 5.54. The molecule has 1 amide bonds. The molecule has 3 fully saturated rings. The number of carbonyl (C=O) groups excluding carboxylic acids is 1. The van der Waals surface area contributed by atoms with Crippen LogP contribution in [0.2, 0.25) is 0 Å². The Morgan fingerprint density at radius 1 is 1.03 bits per heavy atom. The van der Waals surface area contributed by atoms with Gasteiger partial charge in [-0.05, 0) is 37.8 Å².